The molecule has 92 valence electrons. The fourth-order valence-corrected chi connectivity index (χ4v) is 3.34. The van der Waals surface area contributed by atoms with E-state index in [-0.39, 0.29) is 0 Å². The zero-order chi connectivity index (χ0) is 13.2. The molecule has 0 radical (unpaired) electrons. The lowest BCUT2D eigenvalue weighted by molar-refractivity contribution is -0.152. The van der Waals surface area contributed by atoms with E-state index in [1.807, 2.05) is 5.32 Å². The van der Waals surface area contributed by atoms with Gasteiger partial charge in [-0.1, -0.05) is 13.8 Å². The highest BCUT2D eigenvalue weighted by atomic mass is 16.4. The van der Waals surface area contributed by atoms with Gasteiger partial charge in [0.25, 0.3) is 0 Å². The summed E-state index contributed by atoms with van der Waals surface area (Å²) in [6, 6.07) is 0. The smallest absolute Gasteiger partial charge is 0.321 e. The van der Waals surface area contributed by atoms with Crippen LogP contribution in [0.2, 0.25) is 0 Å². The Morgan fingerprint density at radius 3 is 2.00 bits per heavy atom. The summed E-state index contributed by atoms with van der Waals surface area (Å²) in [5.74, 6) is -3.94. The molecule has 0 aromatic rings. The maximum Gasteiger partial charge on any atom is 0.321 e. The van der Waals surface area contributed by atoms with Gasteiger partial charge in [-0.3, -0.25) is 24.5 Å². The van der Waals surface area contributed by atoms with Crippen LogP contribution in [0.5, 0.6) is 0 Å². The molecule has 0 aromatic heterocycles. The Hall–Kier alpha value is -1.92. The van der Waals surface area contributed by atoms with Gasteiger partial charge in [0.1, 0.15) is 0 Å². The minimum Gasteiger partial charge on any atom is -0.480 e. The van der Waals surface area contributed by atoms with Crippen molar-refractivity contribution >= 4 is 23.7 Å². The fraction of sp³-hybridized carbons (Fsp3) is 0.600. The topological polar surface area (TPSA) is 113 Å². The van der Waals surface area contributed by atoms with Crippen molar-refractivity contribution in [3.63, 3.8) is 0 Å². The normalized spacial score (nSPS) is 37.1. The highest BCUT2D eigenvalue weighted by Crippen LogP contribution is 2.80. The summed E-state index contributed by atoms with van der Waals surface area (Å²) < 4.78 is 0. The van der Waals surface area contributed by atoms with Crippen molar-refractivity contribution in [2.45, 2.75) is 13.8 Å². The van der Waals surface area contributed by atoms with Gasteiger partial charge < -0.3 is 10.4 Å². The molecule has 2 fully saturated rings. The van der Waals surface area contributed by atoms with Crippen LogP contribution in [0.25, 0.3) is 0 Å². The number of carboxylic acids is 1. The Balaban J connectivity index is 2.73. The second-order valence-electron chi connectivity index (χ2n) is 4.79. The molecule has 7 heteroatoms. The SMILES string of the molecule is CNC(=O)C12C(=O)NC(=O)C1(C(=O)O)C2(C)C. The van der Waals surface area contributed by atoms with Crippen molar-refractivity contribution in [1.29, 1.82) is 0 Å². The minimum absolute atomic E-state index is 0.742. The Kier molecular flexibility index (Phi) is 1.81. The van der Waals surface area contributed by atoms with Gasteiger partial charge in [-0.05, 0) is 0 Å². The molecular weight excluding hydrogens is 228 g/mol. The molecule has 0 spiro atoms. The lowest BCUT2D eigenvalue weighted by Crippen LogP contribution is -2.42. The van der Waals surface area contributed by atoms with Crippen LogP contribution in [0, 0.1) is 16.2 Å². The van der Waals surface area contributed by atoms with E-state index in [1.54, 1.807) is 0 Å². The summed E-state index contributed by atoms with van der Waals surface area (Å²) in [5.41, 5.74) is -5.06. The molecule has 7 nitrogen and oxygen atoms in total. The van der Waals surface area contributed by atoms with E-state index < -0.39 is 39.9 Å². The van der Waals surface area contributed by atoms with Gasteiger partial charge in [0.05, 0.1) is 0 Å². The highest BCUT2D eigenvalue weighted by Gasteiger charge is 2.99. The van der Waals surface area contributed by atoms with Crippen molar-refractivity contribution < 1.29 is 24.3 Å². The summed E-state index contributed by atoms with van der Waals surface area (Å²) in [7, 11) is 1.30. The molecule has 2 aliphatic rings. The van der Waals surface area contributed by atoms with Crippen LogP contribution < -0.4 is 10.6 Å². The van der Waals surface area contributed by atoms with Gasteiger partial charge in [0, 0.05) is 12.5 Å². The lowest BCUT2D eigenvalue weighted by Gasteiger charge is -2.15. The summed E-state index contributed by atoms with van der Waals surface area (Å²) >= 11 is 0. The van der Waals surface area contributed by atoms with Crippen LogP contribution >= 0.6 is 0 Å². The molecule has 17 heavy (non-hydrogen) atoms. The molecular formula is C10H12N2O5. The number of piperidine rings is 1. The maximum atomic E-state index is 11.9. The number of carboxylic acid groups (broad SMARTS) is 1. The van der Waals surface area contributed by atoms with E-state index in [0.29, 0.717) is 0 Å². The highest BCUT2D eigenvalue weighted by molar-refractivity contribution is 6.33. The van der Waals surface area contributed by atoms with Gasteiger partial charge in [0.15, 0.2) is 10.8 Å². The molecule has 1 heterocycles. The van der Waals surface area contributed by atoms with E-state index in [4.69, 9.17) is 0 Å². The first-order chi connectivity index (χ1) is 7.72. The van der Waals surface area contributed by atoms with Gasteiger partial charge >= 0.3 is 5.97 Å². The quantitative estimate of drug-likeness (QED) is 0.401. The largest absolute Gasteiger partial charge is 0.480 e. The maximum absolute atomic E-state index is 11.9. The predicted molar refractivity (Wildman–Crippen MR) is 53.5 cm³/mol. The van der Waals surface area contributed by atoms with E-state index in [1.165, 1.54) is 20.9 Å². The van der Waals surface area contributed by atoms with Crippen molar-refractivity contribution in [2.24, 2.45) is 16.2 Å². The number of fused-ring (bicyclic) bond motifs is 1. The second-order valence-corrected chi connectivity index (χ2v) is 4.79. The Bertz CT molecular complexity index is 483. The van der Waals surface area contributed by atoms with Crippen LogP contribution in [-0.4, -0.2) is 35.8 Å². The van der Waals surface area contributed by atoms with Crippen LogP contribution in [0.3, 0.4) is 0 Å². The molecule has 2 atom stereocenters. The number of hydrogen-bond acceptors (Lipinski definition) is 4. The third-order valence-electron chi connectivity index (χ3n) is 4.17. The number of nitrogens with one attached hydrogen (secondary N) is 2. The van der Waals surface area contributed by atoms with E-state index in [9.17, 15) is 24.3 Å². The zero-order valence-electron chi connectivity index (χ0n) is 9.58. The first-order valence-corrected chi connectivity index (χ1v) is 5.04. The fourth-order valence-electron chi connectivity index (χ4n) is 3.34. The Morgan fingerprint density at radius 1 is 1.18 bits per heavy atom. The Labute approximate surface area is 96.6 Å². The molecule has 2 rings (SSSR count). The zero-order valence-corrected chi connectivity index (χ0v) is 9.58. The third-order valence-corrected chi connectivity index (χ3v) is 4.17. The van der Waals surface area contributed by atoms with Crippen molar-refractivity contribution in [2.75, 3.05) is 7.05 Å². The summed E-state index contributed by atoms with van der Waals surface area (Å²) in [5, 5.41) is 13.4. The lowest BCUT2D eigenvalue weighted by atomic mass is 9.94. The molecule has 3 N–H and O–H groups in total. The van der Waals surface area contributed by atoms with Crippen LogP contribution in [0.15, 0.2) is 0 Å². The van der Waals surface area contributed by atoms with Crippen LogP contribution in [0.1, 0.15) is 13.8 Å². The molecule has 0 aromatic carbocycles. The van der Waals surface area contributed by atoms with E-state index in [2.05, 4.69) is 5.32 Å². The first kappa shape index (κ1) is 11.6. The number of hydrogen-bond donors (Lipinski definition) is 3. The first-order valence-electron chi connectivity index (χ1n) is 5.04. The van der Waals surface area contributed by atoms with Crippen LogP contribution in [0.4, 0.5) is 0 Å². The number of carbonyl (C=O) groups is 4. The monoisotopic (exact) mass is 240 g/mol. The number of carbonyl (C=O) groups excluding carboxylic acids is 3. The second kappa shape index (κ2) is 2.66. The molecule has 1 saturated carbocycles. The predicted octanol–water partition coefficient (Wildman–Crippen LogP) is -1.51. The molecule has 2 unspecified atom stereocenters. The van der Waals surface area contributed by atoms with E-state index >= 15 is 0 Å². The summed E-state index contributed by atoms with van der Waals surface area (Å²) in [6.45, 7) is 2.88. The standard InChI is InChI=1S/C10H12N2O5/c1-8(2)9(4(13)11-3)5(14)12-6(15)10(8,9)7(16)17/h1-3H3,(H,11,13)(H,16,17)(H,12,14,15). The van der Waals surface area contributed by atoms with Gasteiger partial charge in [-0.2, -0.15) is 0 Å². The number of aliphatic carboxylic acids is 1. The number of amides is 3. The van der Waals surface area contributed by atoms with Crippen molar-refractivity contribution in [3.05, 3.63) is 0 Å². The summed E-state index contributed by atoms with van der Waals surface area (Å²) in [6.07, 6.45) is 0. The average Bonchev–Trinajstić information content (AvgIpc) is 2.56. The molecule has 0 bridgehead atoms. The van der Waals surface area contributed by atoms with Gasteiger partial charge in [0.2, 0.25) is 17.7 Å². The third kappa shape index (κ3) is 0.729. The van der Waals surface area contributed by atoms with E-state index in [0.717, 1.165) is 0 Å². The van der Waals surface area contributed by atoms with Gasteiger partial charge in [-0.25, -0.2) is 0 Å². The van der Waals surface area contributed by atoms with Crippen molar-refractivity contribution in [1.82, 2.24) is 10.6 Å². The minimum atomic E-state index is -1.99. The number of rotatable bonds is 2. The number of imide groups is 1. The van der Waals surface area contributed by atoms with Gasteiger partial charge in [-0.15, -0.1) is 0 Å². The average molecular weight is 240 g/mol. The molecule has 1 aliphatic heterocycles. The van der Waals surface area contributed by atoms with Crippen LogP contribution in [-0.2, 0) is 19.2 Å². The molecule has 1 saturated heterocycles. The Morgan fingerprint density at radius 2 is 1.65 bits per heavy atom. The molecule has 1 aliphatic carbocycles. The summed E-state index contributed by atoms with van der Waals surface area (Å²) in [4.78, 5) is 46.8. The van der Waals surface area contributed by atoms with Crippen molar-refractivity contribution in [3.8, 4) is 0 Å². The molecule has 3 amide bonds.